The largest absolute Gasteiger partial charge is 0.351 e. The van der Waals surface area contributed by atoms with Gasteiger partial charge in [-0.05, 0) is 73.4 Å². The van der Waals surface area contributed by atoms with Crippen LogP contribution in [0.15, 0.2) is 22.8 Å². The molecular weight excluding hydrogens is 306 g/mol. The summed E-state index contributed by atoms with van der Waals surface area (Å²) in [6.07, 6.45) is 5.19. The normalized spacial score (nSPS) is 17.4. The number of carbonyl (C=O) groups excluding carboxylic acids is 1. The molecule has 19 heavy (non-hydrogen) atoms. The minimum atomic E-state index is -0.0829. The van der Waals surface area contributed by atoms with E-state index in [-0.39, 0.29) is 5.91 Å². The van der Waals surface area contributed by atoms with Gasteiger partial charge in [0.15, 0.2) is 0 Å². The van der Waals surface area contributed by atoms with E-state index in [0.29, 0.717) is 5.69 Å². The number of halogens is 1. The summed E-state index contributed by atoms with van der Waals surface area (Å²) in [5.41, 5.74) is 0.478. The summed E-state index contributed by atoms with van der Waals surface area (Å²) < 4.78 is 0.885. The van der Waals surface area contributed by atoms with Crippen molar-refractivity contribution in [3.8, 4) is 0 Å². The Hall–Kier alpha value is -0.940. The van der Waals surface area contributed by atoms with E-state index in [1.807, 2.05) is 6.07 Å². The molecular formula is C14H20BrN3O. The average Bonchev–Trinajstić information content (AvgIpc) is 2.41. The van der Waals surface area contributed by atoms with Crippen LogP contribution in [0, 0.1) is 5.92 Å². The number of hydrogen-bond acceptors (Lipinski definition) is 3. The molecule has 0 aliphatic carbocycles. The molecule has 0 bridgehead atoms. The van der Waals surface area contributed by atoms with Gasteiger partial charge in [0.05, 0.1) is 0 Å². The van der Waals surface area contributed by atoms with Gasteiger partial charge in [-0.15, -0.1) is 0 Å². The van der Waals surface area contributed by atoms with E-state index >= 15 is 0 Å². The number of nitrogens with one attached hydrogen (secondary N) is 1. The van der Waals surface area contributed by atoms with E-state index in [2.05, 4.69) is 38.2 Å². The van der Waals surface area contributed by atoms with Crippen LogP contribution in [0.25, 0.3) is 0 Å². The Morgan fingerprint density at radius 3 is 2.84 bits per heavy atom. The molecule has 1 aliphatic heterocycles. The van der Waals surface area contributed by atoms with Crippen LogP contribution >= 0.6 is 15.9 Å². The standard InChI is InChI=1S/C14H20BrN3O/c1-18-8-5-11(6-9-18)4-7-16-14(19)13-3-2-12(15)10-17-13/h2-3,10-11H,4-9H2,1H3,(H,16,19). The zero-order chi connectivity index (χ0) is 13.7. The lowest BCUT2D eigenvalue weighted by Gasteiger charge is -2.28. The summed E-state index contributed by atoms with van der Waals surface area (Å²) in [6, 6.07) is 3.56. The van der Waals surface area contributed by atoms with Crippen LogP contribution in [0.5, 0.6) is 0 Å². The summed E-state index contributed by atoms with van der Waals surface area (Å²) in [5.74, 6) is 0.662. The van der Waals surface area contributed by atoms with Gasteiger partial charge in [-0.25, -0.2) is 4.98 Å². The highest BCUT2D eigenvalue weighted by Gasteiger charge is 2.16. The second kappa shape index (κ2) is 7.01. The molecule has 0 spiro atoms. The third-order valence-electron chi connectivity index (χ3n) is 3.64. The van der Waals surface area contributed by atoms with E-state index in [0.717, 1.165) is 23.4 Å². The highest BCUT2D eigenvalue weighted by Crippen LogP contribution is 2.18. The number of piperidine rings is 1. The van der Waals surface area contributed by atoms with Gasteiger partial charge in [0.1, 0.15) is 5.69 Å². The number of nitrogens with zero attached hydrogens (tertiary/aromatic N) is 2. The third-order valence-corrected chi connectivity index (χ3v) is 4.11. The molecule has 1 aromatic rings. The van der Waals surface area contributed by atoms with E-state index in [1.54, 1.807) is 12.3 Å². The second-order valence-electron chi connectivity index (χ2n) is 5.15. The smallest absolute Gasteiger partial charge is 0.269 e. The molecule has 0 saturated carbocycles. The first-order valence-corrected chi connectivity index (χ1v) is 7.53. The molecule has 0 atom stereocenters. The molecule has 1 aliphatic rings. The Morgan fingerprint density at radius 1 is 1.47 bits per heavy atom. The lowest BCUT2D eigenvalue weighted by Crippen LogP contribution is -2.32. The molecule has 5 heteroatoms. The predicted molar refractivity (Wildman–Crippen MR) is 79.1 cm³/mol. The molecule has 2 rings (SSSR count). The molecule has 1 amide bonds. The number of amides is 1. The minimum Gasteiger partial charge on any atom is -0.351 e. The molecule has 104 valence electrons. The van der Waals surface area contributed by atoms with Crippen LogP contribution in [0.3, 0.4) is 0 Å². The van der Waals surface area contributed by atoms with E-state index < -0.39 is 0 Å². The fourth-order valence-corrected chi connectivity index (χ4v) is 2.58. The van der Waals surface area contributed by atoms with E-state index in [9.17, 15) is 4.79 Å². The SMILES string of the molecule is CN1CCC(CCNC(=O)c2ccc(Br)cn2)CC1. The van der Waals surface area contributed by atoms with Gasteiger partial charge < -0.3 is 10.2 Å². The predicted octanol–water partition coefficient (Wildman–Crippen LogP) is 2.31. The van der Waals surface area contributed by atoms with Crippen LogP contribution in [-0.2, 0) is 0 Å². The Labute approximate surface area is 122 Å². The van der Waals surface area contributed by atoms with Crippen LogP contribution in [0.4, 0.5) is 0 Å². The maximum Gasteiger partial charge on any atom is 0.269 e. The third kappa shape index (κ3) is 4.58. The number of carbonyl (C=O) groups is 1. The molecule has 0 unspecified atom stereocenters. The number of hydrogen-bond donors (Lipinski definition) is 1. The zero-order valence-electron chi connectivity index (χ0n) is 11.2. The Bertz CT molecular complexity index is 413. The lowest BCUT2D eigenvalue weighted by molar-refractivity contribution is 0.0944. The zero-order valence-corrected chi connectivity index (χ0v) is 12.8. The van der Waals surface area contributed by atoms with E-state index in [1.165, 1.54) is 25.9 Å². The van der Waals surface area contributed by atoms with Crippen molar-refractivity contribution >= 4 is 21.8 Å². The quantitative estimate of drug-likeness (QED) is 0.923. The van der Waals surface area contributed by atoms with Gasteiger partial charge in [-0.1, -0.05) is 0 Å². The minimum absolute atomic E-state index is 0.0829. The molecule has 2 heterocycles. The van der Waals surface area contributed by atoms with Crippen molar-refractivity contribution in [1.29, 1.82) is 0 Å². The van der Waals surface area contributed by atoms with Crippen molar-refractivity contribution in [1.82, 2.24) is 15.2 Å². The van der Waals surface area contributed by atoms with Gasteiger partial charge in [-0.3, -0.25) is 4.79 Å². The monoisotopic (exact) mass is 325 g/mol. The highest BCUT2D eigenvalue weighted by molar-refractivity contribution is 9.10. The molecule has 4 nitrogen and oxygen atoms in total. The maximum atomic E-state index is 11.9. The maximum absolute atomic E-state index is 11.9. The topological polar surface area (TPSA) is 45.2 Å². The molecule has 1 saturated heterocycles. The fraction of sp³-hybridized carbons (Fsp3) is 0.571. The van der Waals surface area contributed by atoms with Gasteiger partial charge in [-0.2, -0.15) is 0 Å². The van der Waals surface area contributed by atoms with Crippen molar-refractivity contribution in [2.24, 2.45) is 5.92 Å². The summed E-state index contributed by atoms with van der Waals surface area (Å²) in [6.45, 7) is 3.09. The van der Waals surface area contributed by atoms with Crippen molar-refractivity contribution in [3.05, 3.63) is 28.5 Å². The molecule has 1 fully saturated rings. The summed E-state index contributed by atoms with van der Waals surface area (Å²) >= 11 is 3.31. The highest BCUT2D eigenvalue weighted by atomic mass is 79.9. The van der Waals surface area contributed by atoms with Gasteiger partial charge in [0.25, 0.3) is 5.91 Å². The number of rotatable bonds is 4. The summed E-state index contributed by atoms with van der Waals surface area (Å²) in [5, 5.41) is 2.95. The average molecular weight is 326 g/mol. The van der Waals surface area contributed by atoms with Crippen molar-refractivity contribution in [2.45, 2.75) is 19.3 Å². The first-order chi connectivity index (χ1) is 9.15. The summed E-state index contributed by atoms with van der Waals surface area (Å²) in [7, 11) is 2.16. The van der Waals surface area contributed by atoms with Crippen molar-refractivity contribution in [3.63, 3.8) is 0 Å². The van der Waals surface area contributed by atoms with Crippen LogP contribution in [0.2, 0.25) is 0 Å². The molecule has 1 aromatic heterocycles. The number of pyridine rings is 1. The number of likely N-dealkylation sites (tertiary alicyclic amines) is 1. The Balaban J connectivity index is 1.70. The van der Waals surface area contributed by atoms with Gasteiger partial charge >= 0.3 is 0 Å². The first kappa shape index (κ1) is 14.5. The fourth-order valence-electron chi connectivity index (χ4n) is 2.34. The van der Waals surface area contributed by atoms with Gasteiger partial charge in [0, 0.05) is 17.2 Å². The van der Waals surface area contributed by atoms with Crippen molar-refractivity contribution in [2.75, 3.05) is 26.7 Å². The molecule has 1 N–H and O–H groups in total. The van der Waals surface area contributed by atoms with Crippen LogP contribution in [-0.4, -0.2) is 42.5 Å². The summed E-state index contributed by atoms with van der Waals surface area (Å²) in [4.78, 5) is 18.3. The van der Waals surface area contributed by atoms with Gasteiger partial charge in [0.2, 0.25) is 0 Å². The van der Waals surface area contributed by atoms with Crippen LogP contribution in [0.1, 0.15) is 29.8 Å². The van der Waals surface area contributed by atoms with Crippen molar-refractivity contribution < 1.29 is 4.79 Å². The Morgan fingerprint density at radius 2 is 2.21 bits per heavy atom. The molecule has 0 aromatic carbocycles. The Kier molecular flexibility index (Phi) is 5.34. The molecule has 0 radical (unpaired) electrons. The first-order valence-electron chi connectivity index (χ1n) is 6.73. The lowest BCUT2D eigenvalue weighted by atomic mass is 9.94. The second-order valence-corrected chi connectivity index (χ2v) is 6.07. The van der Waals surface area contributed by atoms with E-state index in [4.69, 9.17) is 0 Å². The van der Waals surface area contributed by atoms with Crippen LogP contribution < -0.4 is 5.32 Å². The number of aromatic nitrogens is 1.